The molecule has 0 bridgehead atoms. The Morgan fingerprint density at radius 3 is 2.56 bits per heavy atom. The third-order valence-corrected chi connectivity index (χ3v) is 2.31. The predicted molar refractivity (Wildman–Crippen MR) is 61.5 cm³/mol. The molecule has 0 spiro atoms. The first-order valence-electron chi connectivity index (χ1n) is 5.10. The standard InChI is InChI=1S/C13H15N2.Ir/c1-13(2,3)15-10-9-14-12(15)11-7-5-4-6-8-11;/h4-7,9-10H,1-3H3;/q-1;. The topological polar surface area (TPSA) is 17.8 Å². The maximum absolute atomic E-state index is 4.38. The SMILES string of the molecule is CC(C)(C)n1ccnc1-c1[c-]cccc1.[Ir]. The van der Waals surface area contributed by atoms with Gasteiger partial charge in [0.15, 0.2) is 0 Å². The summed E-state index contributed by atoms with van der Waals surface area (Å²) in [5.41, 5.74) is 1.09. The van der Waals surface area contributed by atoms with Crippen molar-refractivity contribution in [2.24, 2.45) is 0 Å². The Morgan fingerprint density at radius 2 is 2.00 bits per heavy atom. The van der Waals surface area contributed by atoms with Crippen LogP contribution in [-0.2, 0) is 25.6 Å². The van der Waals surface area contributed by atoms with E-state index in [9.17, 15) is 0 Å². The summed E-state index contributed by atoms with van der Waals surface area (Å²) >= 11 is 0. The molecular weight excluding hydrogens is 376 g/mol. The second-order valence-electron chi connectivity index (χ2n) is 4.57. The summed E-state index contributed by atoms with van der Waals surface area (Å²) in [7, 11) is 0. The Hall–Kier alpha value is -0.921. The van der Waals surface area contributed by atoms with E-state index in [0.717, 1.165) is 11.4 Å². The van der Waals surface area contributed by atoms with Crippen molar-refractivity contribution in [2.45, 2.75) is 26.3 Å². The van der Waals surface area contributed by atoms with Crippen molar-refractivity contribution in [3.63, 3.8) is 0 Å². The van der Waals surface area contributed by atoms with E-state index in [1.54, 1.807) is 0 Å². The number of hydrogen-bond acceptors (Lipinski definition) is 1. The van der Waals surface area contributed by atoms with Gasteiger partial charge in [-0.3, -0.25) is 4.98 Å². The minimum atomic E-state index is 0. The molecule has 0 N–H and O–H groups in total. The molecular formula is C13H15IrN2-. The van der Waals surface area contributed by atoms with E-state index < -0.39 is 0 Å². The van der Waals surface area contributed by atoms with Gasteiger partial charge in [-0.25, -0.2) is 0 Å². The van der Waals surface area contributed by atoms with Gasteiger partial charge in [0.2, 0.25) is 0 Å². The number of rotatable bonds is 1. The molecule has 0 saturated heterocycles. The van der Waals surface area contributed by atoms with Crippen LogP contribution in [-0.4, -0.2) is 9.55 Å². The van der Waals surface area contributed by atoms with Crippen molar-refractivity contribution < 1.29 is 20.1 Å². The summed E-state index contributed by atoms with van der Waals surface area (Å²) in [6.07, 6.45) is 3.84. The summed E-state index contributed by atoms with van der Waals surface area (Å²) in [5, 5.41) is 0. The van der Waals surface area contributed by atoms with E-state index in [4.69, 9.17) is 0 Å². The molecule has 0 aliphatic rings. The van der Waals surface area contributed by atoms with Crippen LogP contribution < -0.4 is 0 Å². The monoisotopic (exact) mass is 392 g/mol. The Kier molecular flexibility index (Phi) is 4.06. The number of benzene rings is 1. The first kappa shape index (κ1) is 13.1. The zero-order valence-corrected chi connectivity index (χ0v) is 12.1. The molecule has 2 nitrogen and oxygen atoms in total. The second kappa shape index (κ2) is 4.94. The van der Waals surface area contributed by atoms with Crippen LogP contribution in [0.15, 0.2) is 36.7 Å². The van der Waals surface area contributed by atoms with Crippen LogP contribution in [0.2, 0.25) is 0 Å². The van der Waals surface area contributed by atoms with Gasteiger partial charge in [0.05, 0.1) is 5.82 Å². The maximum Gasteiger partial charge on any atom is 0.0561 e. The van der Waals surface area contributed by atoms with E-state index in [-0.39, 0.29) is 25.6 Å². The van der Waals surface area contributed by atoms with Crippen LogP contribution >= 0.6 is 0 Å². The van der Waals surface area contributed by atoms with Gasteiger partial charge >= 0.3 is 0 Å². The van der Waals surface area contributed by atoms with Crippen molar-refractivity contribution in [1.82, 2.24) is 9.55 Å². The van der Waals surface area contributed by atoms with Gasteiger partial charge < -0.3 is 4.57 Å². The molecule has 2 rings (SSSR count). The molecule has 2 aromatic rings. The van der Waals surface area contributed by atoms with Gasteiger partial charge in [-0.05, 0) is 20.8 Å². The number of hydrogen-bond donors (Lipinski definition) is 0. The van der Waals surface area contributed by atoms with Crippen molar-refractivity contribution >= 4 is 0 Å². The smallest absolute Gasteiger partial charge is 0.0561 e. The van der Waals surface area contributed by atoms with E-state index >= 15 is 0 Å². The first-order chi connectivity index (χ1) is 7.09. The van der Waals surface area contributed by atoms with E-state index in [2.05, 4.69) is 36.4 Å². The van der Waals surface area contributed by atoms with Crippen molar-refractivity contribution in [3.8, 4) is 11.4 Å². The van der Waals surface area contributed by atoms with Crippen LogP contribution in [0.25, 0.3) is 11.4 Å². The van der Waals surface area contributed by atoms with Gasteiger partial charge in [0, 0.05) is 38.0 Å². The van der Waals surface area contributed by atoms with Gasteiger partial charge in [-0.1, -0.05) is 0 Å². The maximum atomic E-state index is 4.38. The summed E-state index contributed by atoms with van der Waals surface area (Å²) in [6, 6.07) is 11.1. The predicted octanol–water partition coefficient (Wildman–Crippen LogP) is 3.10. The molecule has 0 atom stereocenters. The molecule has 1 aromatic carbocycles. The van der Waals surface area contributed by atoms with Crippen LogP contribution in [0.1, 0.15) is 20.8 Å². The fourth-order valence-electron chi connectivity index (χ4n) is 1.58. The number of nitrogens with zero attached hydrogens (tertiary/aromatic N) is 2. The normalized spacial score (nSPS) is 10.9. The first-order valence-corrected chi connectivity index (χ1v) is 5.10. The Bertz CT molecular complexity index is 440. The summed E-state index contributed by atoms with van der Waals surface area (Å²) in [4.78, 5) is 4.38. The number of aromatic nitrogens is 2. The average Bonchev–Trinajstić information content (AvgIpc) is 2.67. The van der Waals surface area contributed by atoms with E-state index in [1.165, 1.54) is 0 Å². The molecule has 1 radical (unpaired) electrons. The molecule has 87 valence electrons. The van der Waals surface area contributed by atoms with Crippen molar-refractivity contribution in [1.29, 1.82) is 0 Å². The minimum absolute atomic E-state index is 0. The molecule has 0 aliphatic heterocycles. The van der Waals surface area contributed by atoms with Gasteiger partial charge in [0.1, 0.15) is 0 Å². The molecule has 1 aromatic heterocycles. The molecule has 3 heteroatoms. The minimum Gasteiger partial charge on any atom is -0.366 e. The fourth-order valence-corrected chi connectivity index (χ4v) is 1.58. The van der Waals surface area contributed by atoms with E-state index in [1.807, 2.05) is 36.7 Å². The zero-order chi connectivity index (χ0) is 10.9. The number of imidazole rings is 1. The Balaban J connectivity index is 0.00000128. The molecule has 0 fully saturated rings. The van der Waals surface area contributed by atoms with E-state index in [0.29, 0.717) is 0 Å². The Labute approximate surface area is 110 Å². The summed E-state index contributed by atoms with van der Waals surface area (Å²) in [5.74, 6) is 0.975. The third kappa shape index (κ3) is 2.60. The van der Waals surface area contributed by atoms with Crippen LogP contribution in [0, 0.1) is 6.07 Å². The van der Waals surface area contributed by atoms with Crippen LogP contribution in [0.4, 0.5) is 0 Å². The van der Waals surface area contributed by atoms with Gasteiger partial charge in [-0.2, -0.15) is 0 Å². The van der Waals surface area contributed by atoms with Crippen molar-refractivity contribution in [2.75, 3.05) is 0 Å². The zero-order valence-electron chi connectivity index (χ0n) is 9.69. The quantitative estimate of drug-likeness (QED) is 0.683. The average molecular weight is 391 g/mol. The van der Waals surface area contributed by atoms with Crippen LogP contribution in [0.3, 0.4) is 0 Å². The third-order valence-electron chi connectivity index (χ3n) is 2.31. The summed E-state index contributed by atoms with van der Waals surface area (Å²) < 4.78 is 2.17. The fraction of sp³-hybridized carbons (Fsp3) is 0.308. The van der Waals surface area contributed by atoms with Crippen molar-refractivity contribution in [3.05, 3.63) is 42.7 Å². The van der Waals surface area contributed by atoms with Gasteiger partial charge in [-0.15, -0.1) is 35.9 Å². The molecule has 1 heterocycles. The largest absolute Gasteiger partial charge is 0.366 e. The van der Waals surface area contributed by atoms with Gasteiger partial charge in [0.25, 0.3) is 0 Å². The second-order valence-corrected chi connectivity index (χ2v) is 4.57. The molecule has 16 heavy (non-hydrogen) atoms. The molecule has 0 unspecified atom stereocenters. The Morgan fingerprint density at radius 1 is 1.25 bits per heavy atom. The molecule has 0 amide bonds. The molecule has 0 aliphatic carbocycles. The van der Waals surface area contributed by atoms with Crippen LogP contribution in [0.5, 0.6) is 0 Å². The molecule has 0 saturated carbocycles. The summed E-state index contributed by atoms with van der Waals surface area (Å²) in [6.45, 7) is 6.50.